The van der Waals surface area contributed by atoms with E-state index in [4.69, 9.17) is 19.9 Å². The molecule has 1 aliphatic heterocycles. The van der Waals surface area contributed by atoms with E-state index in [0.29, 0.717) is 45.7 Å². The molecule has 6 nitrogen and oxygen atoms in total. The molecule has 1 aromatic rings. The Morgan fingerprint density at radius 1 is 1.26 bits per heavy atom. The third kappa shape index (κ3) is 3.30. The van der Waals surface area contributed by atoms with Crippen molar-refractivity contribution >= 4 is 21.7 Å². The molecular weight excluding hydrogens is 412 g/mol. The average Bonchev–Trinajstić information content (AvgIpc) is 2.59. The third-order valence-electron chi connectivity index (χ3n) is 4.89. The van der Waals surface area contributed by atoms with Crippen LogP contribution in [0, 0.1) is 16.7 Å². The van der Waals surface area contributed by atoms with Crippen molar-refractivity contribution in [3.63, 3.8) is 0 Å². The predicted molar refractivity (Wildman–Crippen MR) is 103 cm³/mol. The van der Waals surface area contributed by atoms with Gasteiger partial charge in [0.1, 0.15) is 28.9 Å². The largest absolute Gasteiger partial charge is 0.496 e. The maximum Gasteiger partial charge on any atom is 0.205 e. The molecule has 1 aromatic carbocycles. The number of nitriles is 1. The zero-order valence-corrected chi connectivity index (χ0v) is 17.3. The van der Waals surface area contributed by atoms with Crippen LogP contribution in [-0.2, 0) is 9.53 Å². The van der Waals surface area contributed by atoms with Crippen LogP contribution in [-0.4, -0.2) is 20.0 Å². The van der Waals surface area contributed by atoms with Crippen molar-refractivity contribution in [1.29, 1.82) is 5.26 Å². The van der Waals surface area contributed by atoms with E-state index in [0.717, 1.165) is 0 Å². The maximum atomic E-state index is 13.0. The van der Waals surface area contributed by atoms with E-state index >= 15 is 0 Å². The molecule has 0 fully saturated rings. The highest BCUT2D eigenvalue weighted by atomic mass is 79.9. The highest BCUT2D eigenvalue weighted by Crippen LogP contribution is 2.50. The van der Waals surface area contributed by atoms with Crippen LogP contribution in [0.2, 0.25) is 0 Å². The van der Waals surface area contributed by atoms with Gasteiger partial charge in [-0.05, 0) is 27.4 Å². The molecule has 0 amide bonds. The lowest BCUT2D eigenvalue weighted by Crippen LogP contribution is -2.33. The van der Waals surface area contributed by atoms with Gasteiger partial charge in [0.05, 0.1) is 24.6 Å². The van der Waals surface area contributed by atoms with Crippen LogP contribution in [0.3, 0.4) is 0 Å². The van der Waals surface area contributed by atoms with E-state index in [9.17, 15) is 10.1 Å². The SMILES string of the molecule is COc1cc(OC)c([C@@H]2C(C#N)=C(N)OC3=C2C(=O)CC(C)(C)C3)cc1Br. The molecule has 0 aromatic heterocycles. The maximum absolute atomic E-state index is 13.0. The van der Waals surface area contributed by atoms with E-state index < -0.39 is 5.92 Å². The first-order valence-corrected chi connectivity index (χ1v) is 9.27. The normalized spacial score (nSPS) is 21.3. The summed E-state index contributed by atoms with van der Waals surface area (Å²) >= 11 is 3.47. The summed E-state index contributed by atoms with van der Waals surface area (Å²) in [7, 11) is 3.09. The molecule has 0 spiro atoms. The highest BCUT2D eigenvalue weighted by Gasteiger charge is 2.44. The number of carbonyl (C=O) groups is 1. The Morgan fingerprint density at radius 2 is 1.93 bits per heavy atom. The molecule has 142 valence electrons. The predicted octanol–water partition coefficient (Wildman–Crippen LogP) is 3.92. The number of hydrogen-bond donors (Lipinski definition) is 1. The fourth-order valence-electron chi connectivity index (χ4n) is 3.70. The topological polar surface area (TPSA) is 94.6 Å². The van der Waals surface area contributed by atoms with Crippen molar-refractivity contribution in [2.24, 2.45) is 11.1 Å². The Bertz CT molecular complexity index is 925. The van der Waals surface area contributed by atoms with Crippen molar-refractivity contribution in [2.45, 2.75) is 32.6 Å². The van der Waals surface area contributed by atoms with Gasteiger partial charge in [0.25, 0.3) is 0 Å². The number of rotatable bonds is 3. The van der Waals surface area contributed by atoms with E-state index in [-0.39, 0.29) is 22.7 Å². The van der Waals surface area contributed by atoms with Gasteiger partial charge in [-0.1, -0.05) is 13.8 Å². The molecule has 0 unspecified atom stereocenters. The fourth-order valence-corrected chi connectivity index (χ4v) is 4.23. The number of ketones is 1. The number of halogens is 1. The number of allylic oxidation sites excluding steroid dienone is 3. The number of methoxy groups -OCH3 is 2. The second kappa shape index (κ2) is 6.93. The molecule has 1 heterocycles. The van der Waals surface area contributed by atoms with Gasteiger partial charge >= 0.3 is 0 Å². The number of benzene rings is 1. The van der Waals surface area contributed by atoms with E-state index in [1.807, 2.05) is 13.8 Å². The Balaban J connectivity index is 2.26. The lowest BCUT2D eigenvalue weighted by molar-refractivity contribution is -0.119. The zero-order valence-electron chi connectivity index (χ0n) is 15.7. The number of nitrogens with zero attached hydrogens (tertiary/aromatic N) is 1. The van der Waals surface area contributed by atoms with Crippen LogP contribution >= 0.6 is 15.9 Å². The molecule has 0 saturated carbocycles. The molecule has 1 aliphatic carbocycles. The number of ether oxygens (including phenoxy) is 3. The van der Waals surface area contributed by atoms with Gasteiger partial charge in [-0.2, -0.15) is 5.26 Å². The van der Waals surface area contributed by atoms with Gasteiger partial charge in [0.2, 0.25) is 5.88 Å². The summed E-state index contributed by atoms with van der Waals surface area (Å²) in [5.74, 6) is 0.975. The zero-order chi connectivity index (χ0) is 19.9. The second-order valence-corrected chi connectivity index (χ2v) is 8.29. The van der Waals surface area contributed by atoms with Crippen molar-refractivity contribution < 1.29 is 19.0 Å². The first-order valence-electron chi connectivity index (χ1n) is 8.47. The average molecular weight is 433 g/mol. The lowest BCUT2D eigenvalue weighted by atomic mass is 9.70. The van der Waals surface area contributed by atoms with Gasteiger partial charge in [-0.25, -0.2) is 0 Å². The Morgan fingerprint density at radius 3 is 2.52 bits per heavy atom. The second-order valence-electron chi connectivity index (χ2n) is 7.43. The Labute approximate surface area is 166 Å². The van der Waals surface area contributed by atoms with E-state index in [1.165, 1.54) is 7.11 Å². The van der Waals surface area contributed by atoms with E-state index in [2.05, 4.69) is 22.0 Å². The van der Waals surface area contributed by atoms with Crippen LogP contribution in [0.15, 0.2) is 39.4 Å². The lowest BCUT2D eigenvalue weighted by Gasteiger charge is -2.37. The minimum absolute atomic E-state index is 0.0285. The first kappa shape index (κ1) is 19.3. The van der Waals surface area contributed by atoms with Crippen LogP contribution in [0.1, 0.15) is 38.2 Å². The molecule has 27 heavy (non-hydrogen) atoms. The van der Waals surface area contributed by atoms with Crippen molar-refractivity contribution in [1.82, 2.24) is 0 Å². The van der Waals surface area contributed by atoms with Crippen LogP contribution < -0.4 is 15.2 Å². The van der Waals surface area contributed by atoms with Gasteiger partial charge < -0.3 is 19.9 Å². The smallest absolute Gasteiger partial charge is 0.205 e. The molecule has 3 rings (SSSR count). The van der Waals surface area contributed by atoms with Crippen molar-refractivity contribution in [3.8, 4) is 17.6 Å². The summed E-state index contributed by atoms with van der Waals surface area (Å²) < 4.78 is 17.3. The van der Waals surface area contributed by atoms with Crippen molar-refractivity contribution in [3.05, 3.63) is 45.0 Å². The summed E-state index contributed by atoms with van der Waals surface area (Å²) in [6.45, 7) is 4.02. The molecule has 2 N–H and O–H groups in total. The van der Waals surface area contributed by atoms with Crippen LogP contribution in [0.25, 0.3) is 0 Å². The first-order chi connectivity index (χ1) is 12.7. The van der Waals surface area contributed by atoms with Crippen LogP contribution in [0.4, 0.5) is 0 Å². The van der Waals surface area contributed by atoms with Crippen molar-refractivity contribution in [2.75, 3.05) is 14.2 Å². The standard InChI is InChI=1S/C20H21BrN2O4/c1-20(2)7-13(24)18-16(8-20)27-19(23)11(9-22)17(18)10-5-12(21)15(26-4)6-14(10)25-3/h5-6,17H,7-8,23H2,1-4H3/t17-/m1/s1. The van der Waals surface area contributed by atoms with Crippen LogP contribution in [0.5, 0.6) is 11.5 Å². The summed E-state index contributed by atoms with van der Waals surface area (Å²) in [4.78, 5) is 13.0. The molecule has 0 saturated heterocycles. The number of nitrogens with two attached hydrogens (primary N) is 1. The Hall–Kier alpha value is -2.46. The number of hydrogen-bond acceptors (Lipinski definition) is 6. The monoisotopic (exact) mass is 432 g/mol. The molecule has 2 aliphatic rings. The number of carbonyl (C=O) groups excluding carboxylic acids is 1. The summed E-state index contributed by atoms with van der Waals surface area (Å²) in [5, 5.41) is 9.73. The number of Topliss-reactive ketones (excluding diaryl/α,β-unsaturated/α-hetero) is 1. The van der Waals surface area contributed by atoms with E-state index in [1.54, 1.807) is 19.2 Å². The van der Waals surface area contributed by atoms with Gasteiger partial charge in [0, 0.05) is 30.0 Å². The molecule has 0 bridgehead atoms. The fraction of sp³-hybridized carbons (Fsp3) is 0.400. The molecule has 7 heteroatoms. The molecular formula is C20H21BrN2O4. The molecule has 0 radical (unpaired) electrons. The summed E-state index contributed by atoms with van der Waals surface area (Å²) in [6.07, 6.45) is 0.952. The van der Waals surface area contributed by atoms with Gasteiger partial charge in [-0.3, -0.25) is 4.79 Å². The van der Waals surface area contributed by atoms with Gasteiger partial charge in [0.15, 0.2) is 5.78 Å². The third-order valence-corrected chi connectivity index (χ3v) is 5.51. The minimum atomic E-state index is -0.639. The highest BCUT2D eigenvalue weighted by molar-refractivity contribution is 9.10. The van der Waals surface area contributed by atoms with Gasteiger partial charge in [-0.15, -0.1) is 0 Å². The minimum Gasteiger partial charge on any atom is -0.496 e. The molecule has 1 atom stereocenters. The quantitative estimate of drug-likeness (QED) is 0.777. The Kier molecular flexibility index (Phi) is 4.96. The summed E-state index contributed by atoms with van der Waals surface area (Å²) in [6, 6.07) is 5.64. The summed E-state index contributed by atoms with van der Waals surface area (Å²) in [5.41, 5.74) is 7.18.